The lowest BCUT2D eigenvalue weighted by molar-refractivity contribution is 0.000940. The zero-order chi connectivity index (χ0) is 11.7. The molecule has 0 rings (SSSR count). The lowest BCUT2D eigenvalue weighted by Crippen LogP contribution is -2.50. The summed E-state index contributed by atoms with van der Waals surface area (Å²) in [4.78, 5) is 0. The van der Waals surface area contributed by atoms with Crippen molar-refractivity contribution in [3.05, 3.63) is 0 Å². The van der Waals surface area contributed by atoms with E-state index in [2.05, 4.69) is 26.1 Å². The number of nitrogens with one attached hydrogen (secondary N) is 1. The number of ether oxygens (including phenoxy) is 1. The van der Waals surface area contributed by atoms with Crippen LogP contribution in [-0.4, -0.2) is 36.5 Å². The van der Waals surface area contributed by atoms with Crippen LogP contribution in [0.25, 0.3) is 0 Å². The van der Waals surface area contributed by atoms with Crippen molar-refractivity contribution in [1.82, 2.24) is 5.32 Å². The summed E-state index contributed by atoms with van der Waals surface area (Å²) in [5, 5.41) is 12.6. The monoisotopic (exact) mass is 217 g/mol. The normalized spacial score (nSPS) is 17.4. The molecule has 92 valence electrons. The Morgan fingerprint density at radius 2 is 2.00 bits per heavy atom. The number of rotatable bonds is 9. The standard InChI is InChI=1S/C12H27NO2/c1-5-7-11(3)15-10-12(4,9-14)13-8-6-2/h11,13-14H,5-10H2,1-4H3. The van der Waals surface area contributed by atoms with Crippen LogP contribution in [0.1, 0.15) is 47.0 Å². The van der Waals surface area contributed by atoms with Gasteiger partial charge < -0.3 is 15.2 Å². The van der Waals surface area contributed by atoms with Gasteiger partial charge in [0, 0.05) is 0 Å². The van der Waals surface area contributed by atoms with Gasteiger partial charge in [-0.15, -0.1) is 0 Å². The second-order valence-corrected chi connectivity index (χ2v) is 4.56. The van der Waals surface area contributed by atoms with Crippen LogP contribution >= 0.6 is 0 Å². The van der Waals surface area contributed by atoms with Gasteiger partial charge in [0.15, 0.2) is 0 Å². The molecule has 2 N–H and O–H groups in total. The molecule has 0 amide bonds. The molecule has 0 heterocycles. The number of aliphatic hydroxyl groups is 1. The van der Waals surface area contributed by atoms with E-state index in [1.165, 1.54) is 0 Å². The topological polar surface area (TPSA) is 41.5 Å². The van der Waals surface area contributed by atoms with Gasteiger partial charge in [0.1, 0.15) is 0 Å². The molecule has 0 aliphatic heterocycles. The Morgan fingerprint density at radius 1 is 1.33 bits per heavy atom. The molecule has 0 bridgehead atoms. The molecule has 2 atom stereocenters. The third-order valence-corrected chi connectivity index (χ3v) is 2.53. The van der Waals surface area contributed by atoms with Gasteiger partial charge in [0.05, 0.1) is 24.9 Å². The summed E-state index contributed by atoms with van der Waals surface area (Å²) in [5.41, 5.74) is -0.294. The van der Waals surface area contributed by atoms with Crippen molar-refractivity contribution in [2.75, 3.05) is 19.8 Å². The Morgan fingerprint density at radius 3 is 2.47 bits per heavy atom. The fourth-order valence-corrected chi connectivity index (χ4v) is 1.40. The van der Waals surface area contributed by atoms with Crippen LogP contribution in [0, 0.1) is 0 Å². The third kappa shape index (κ3) is 6.88. The zero-order valence-electron chi connectivity index (χ0n) is 10.7. The Labute approximate surface area is 94.2 Å². The molecule has 0 spiro atoms. The van der Waals surface area contributed by atoms with Gasteiger partial charge in [0.25, 0.3) is 0 Å². The van der Waals surface area contributed by atoms with Crippen LogP contribution in [0.15, 0.2) is 0 Å². The Balaban J connectivity index is 3.85. The zero-order valence-corrected chi connectivity index (χ0v) is 10.7. The van der Waals surface area contributed by atoms with E-state index in [4.69, 9.17) is 4.74 Å². The molecule has 0 radical (unpaired) electrons. The molecular weight excluding hydrogens is 190 g/mol. The summed E-state index contributed by atoms with van der Waals surface area (Å²) in [6.45, 7) is 9.97. The van der Waals surface area contributed by atoms with Crippen LogP contribution in [0.3, 0.4) is 0 Å². The van der Waals surface area contributed by atoms with Crippen molar-refractivity contribution in [3.63, 3.8) is 0 Å². The van der Waals surface area contributed by atoms with Crippen molar-refractivity contribution < 1.29 is 9.84 Å². The fourth-order valence-electron chi connectivity index (χ4n) is 1.40. The van der Waals surface area contributed by atoms with Crippen LogP contribution < -0.4 is 5.32 Å². The van der Waals surface area contributed by atoms with Crippen molar-refractivity contribution in [3.8, 4) is 0 Å². The lowest BCUT2D eigenvalue weighted by atomic mass is 10.1. The fraction of sp³-hybridized carbons (Fsp3) is 1.00. The minimum Gasteiger partial charge on any atom is -0.394 e. The summed E-state index contributed by atoms with van der Waals surface area (Å²) in [6, 6.07) is 0. The van der Waals surface area contributed by atoms with Crippen molar-refractivity contribution in [2.24, 2.45) is 0 Å². The van der Waals surface area contributed by atoms with Gasteiger partial charge >= 0.3 is 0 Å². The largest absolute Gasteiger partial charge is 0.394 e. The van der Waals surface area contributed by atoms with Crippen LogP contribution in [0.5, 0.6) is 0 Å². The molecule has 0 aromatic rings. The van der Waals surface area contributed by atoms with Crippen LogP contribution in [0.4, 0.5) is 0 Å². The van der Waals surface area contributed by atoms with E-state index in [1.807, 2.05) is 6.92 Å². The second-order valence-electron chi connectivity index (χ2n) is 4.56. The average Bonchev–Trinajstić information content (AvgIpc) is 2.24. The highest BCUT2D eigenvalue weighted by atomic mass is 16.5. The molecule has 15 heavy (non-hydrogen) atoms. The Hall–Kier alpha value is -0.120. The first kappa shape index (κ1) is 14.9. The molecule has 0 saturated carbocycles. The molecule has 2 unspecified atom stereocenters. The Bertz CT molecular complexity index is 153. The number of hydrogen-bond donors (Lipinski definition) is 2. The van der Waals surface area contributed by atoms with Crippen LogP contribution in [-0.2, 0) is 4.74 Å². The average molecular weight is 217 g/mol. The summed E-state index contributed by atoms with van der Waals surface area (Å²) < 4.78 is 5.71. The summed E-state index contributed by atoms with van der Waals surface area (Å²) in [6.07, 6.45) is 3.57. The van der Waals surface area contributed by atoms with Gasteiger partial charge in [-0.3, -0.25) is 0 Å². The van der Waals surface area contributed by atoms with Crippen molar-refractivity contribution in [1.29, 1.82) is 0 Å². The minimum atomic E-state index is -0.294. The molecule has 3 nitrogen and oxygen atoms in total. The van der Waals surface area contributed by atoms with Gasteiger partial charge in [-0.2, -0.15) is 0 Å². The van der Waals surface area contributed by atoms with E-state index in [9.17, 15) is 5.11 Å². The second kappa shape index (κ2) is 8.08. The number of hydrogen-bond acceptors (Lipinski definition) is 3. The lowest BCUT2D eigenvalue weighted by Gasteiger charge is -2.30. The predicted molar refractivity (Wildman–Crippen MR) is 64.1 cm³/mol. The maximum absolute atomic E-state index is 9.31. The first-order valence-corrected chi connectivity index (χ1v) is 6.05. The van der Waals surface area contributed by atoms with Gasteiger partial charge in [-0.1, -0.05) is 20.3 Å². The van der Waals surface area contributed by atoms with Gasteiger partial charge in [-0.25, -0.2) is 0 Å². The SMILES string of the molecule is CCCNC(C)(CO)COC(C)CCC. The van der Waals surface area contributed by atoms with E-state index in [0.717, 1.165) is 25.8 Å². The highest BCUT2D eigenvalue weighted by Gasteiger charge is 2.23. The predicted octanol–water partition coefficient (Wildman–Crippen LogP) is 1.94. The molecule has 0 aliphatic carbocycles. The summed E-state index contributed by atoms with van der Waals surface area (Å²) >= 11 is 0. The van der Waals surface area contributed by atoms with Crippen molar-refractivity contribution in [2.45, 2.75) is 58.6 Å². The number of aliphatic hydroxyl groups excluding tert-OH is 1. The van der Waals surface area contributed by atoms with E-state index in [0.29, 0.717) is 6.61 Å². The van der Waals surface area contributed by atoms with Gasteiger partial charge in [-0.05, 0) is 33.2 Å². The van der Waals surface area contributed by atoms with E-state index in [-0.39, 0.29) is 18.2 Å². The van der Waals surface area contributed by atoms with E-state index >= 15 is 0 Å². The Kier molecular flexibility index (Phi) is 8.02. The quantitative estimate of drug-likeness (QED) is 0.620. The molecule has 3 heteroatoms. The van der Waals surface area contributed by atoms with E-state index in [1.54, 1.807) is 0 Å². The first-order valence-electron chi connectivity index (χ1n) is 6.05. The maximum Gasteiger partial charge on any atom is 0.0671 e. The van der Waals surface area contributed by atoms with E-state index < -0.39 is 0 Å². The smallest absolute Gasteiger partial charge is 0.0671 e. The highest BCUT2D eigenvalue weighted by molar-refractivity contribution is 4.82. The molecule has 0 aliphatic rings. The molecular formula is C12H27NO2. The first-order chi connectivity index (χ1) is 7.08. The van der Waals surface area contributed by atoms with Crippen molar-refractivity contribution >= 4 is 0 Å². The highest BCUT2D eigenvalue weighted by Crippen LogP contribution is 2.08. The molecule has 0 fully saturated rings. The van der Waals surface area contributed by atoms with Crippen LogP contribution in [0.2, 0.25) is 0 Å². The molecule has 0 aromatic heterocycles. The minimum absolute atomic E-state index is 0.117. The maximum atomic E-state index is 9.31. The summed E-state index contributed by atoms with van der Waals surface area (Å²) in [5.74, 6) is 0. The molecule has 0 saturated heterocycles. The molecule has 0 aromatic carbocycles. The summed E-state index contributed by atoms with van der Waals surface area (Å²) in [7, 11) is 0. The van der Waals surface area contributed by atoms with Gasteiger partial charge in [0.2, 0.25) is 0 Å². The third-order valence-electron chi connectivity index (χ3n) is 2.53.